The minimum Gasteiger partial charge on any atom is -0.497 e. The van der Waals surface area contributed by atoms with Gasteiger partial charge in [0.2, 0.25) is 5.91 Å². The van der Waals surface area contributed by atoms with Gasteiger partial charge in [-0.05, 0) is 30.7 Å². The van der Waals surface area contributed by atoms with Crippen LogP contribution in [0.2, 0.25) is 0 Å². The third-order valence-electron chi connectivity index (χ3n) is 2.96. The van der Waals surface area contributed by atoms with Gasteiger partial charge >= 0.3 is 0 Å². The molecule has 110 valence electrons. The zero-order valence-electron chi connectivity index (χ0n) is 12.4. The van der Waals surface area contributed by atoms with Gasteiger partial charge in [-0.3, -0.25) is 4.79 Å². The van der Waals surface area contributed by atoms with E-state index in [0.717, 1.165) is 22.0 Å². The van der Waals surface area contributed by atoms with Crippen LogP contribution >= 0.6 is 11.3 Å². The molecule has 1 amide bonds. The van der Waals surface area contributed by atoms with E-state index in [0.29, 0.717) is 6.54 Å². The Bertz CT molecular complexity index is 649. The minimum absolute atomic E-state index is 0.0523. The van der Waals surface area contributed by atoms with E-state index in [-0.39, 0.29) is 5.91 Å². The van der Waals surface area contributed by atoms with Crippen molar-refractivity contribution in [2.75, 3.05) is 14.2 Å². The van der Waals surface area contributed by atoms with Crippen molar-refractivity contribution in [2.24, 2.45) is 0 Å². The lowest BCUT2D eigenvalue weighted by Gasteiger charge is -2.15. The van der Waals surface area contributed by atoms with Gasteiger partial charge in [-0.15, -0.1) is 11.3 Å². The average Bonchev–Trinajstić information content (AvgIpc) is 2.90. The lowest BCUT2D eigenvalue weighted by molar-refractivity contribution is -0.125. The molecule has 5 heteroatoms. The number of aryl methyl sites for hydroxylation is 1. The molecule has 2 rings (SSSR count). The highest BCUT2D eigenvalue weighted by Gasteiger charge is 2.06. The van der Waals surface area contributed by atoms with E-state index in [9.17, 15) is 4.79 Å². The summed E-state index contributed by atoms with van der Waals surface area (Å²) in [5.41, 5.74) is 1.85. The molecular weight excluding hydrogens is 284 g/mol. The summed E-state index contributed by atoms with van der Waals surface area (Å²) in [6.07, 6.45) is 3.29. The minimum atomic E-state index is -0.0523. The molecule has 0 aliphatic heterocycles. The third-order valence-corrected chi connectivity index (χ3v) is 3.76. The van der Waals surface area contributed by atoms with Crippen LogP contribution in [0.4, 0.5) is 0 Å². The fraction of sp³-hybridized carbons (Fsp3) is 0.250. The smallest absolute Gasteiger partial charge is 0.246 e. The molecular formula is C16H18N2O2S. The van der Waals surface area contributed by atoms with Gasteiger partial charge in [0.15, 0.2) is 0 Å². The molecule has 0 aliphatic carbocycles. The van der Waals surface area contributed by atoms with Gasteiger partial charge in [-0.1, -0.05) is 12.1 Å². The molecule has 0 bridgehead atoms. The molecule has 4 nitrogen and oxygen atoms in total. The van der Waals surface area contributed by atoms with Gasteiger partial charge in [0.25, 0.3) is 0 Å². The van der Waals surface area contributed by atoms with Crippen LogP contribution in [0.15, 0.2) is 35.7 Å². The second-order valence-corrected chi connectivity index (χ2v) is 5.73. The molecule has 0 aliphatic rings. The lowest BCUT2D eigenvalue weighted by atomic mass is 10.2. The predicted molar refractivity (Wildman–Crippen MR) is 85.4 cm³/mol. The molecule has 0 fully saturated rings. The van der Waals surface area contributed by atoms with Crippen molar-refractivity contribution in [3.63, 3.8) is 0 Å². The van der Waals surface area contributed by atoms with Crippen molar-refractivity contribution >= 4 is 23.3 Å². The number of aromatic nitrogens is 1. The zero-order chi connectivity index (χ0) is 15.2. The van der Waals surface area contributed by atoms with Crippen molar-refractivity contribution in [1.29, 1.82) is 0 Å². The van der Waals surface area contributed by atoms with Crippen LogP contribution < -0.4 is 4.74 Å². The number of rotatable bonds is 5. The standard InChI is InChI=1S/C16H18N2O2S/c1-12-17-14(11-21-12)7-8-16(19)18(2)10-13-5-4-6-15(9-13)20-3/h4-9,11H,10H2,1-3H3/b8-7+. The number of carbonyl (C=O) groups excluding carboxylic acids is 1. The van der Waals surface area contributed by atoms with E-state index >= 15 is 0 Å². The summed E-state index contributed by atoms with van der Waals surface area (Å²) in [6, 6.07) is 7.70. The van der Waals surface area contributed by atoms with Crippen LogP contribution in [0.1, 0.15) is 16.3 Å². The van der Waals surface area contributed by atoms with E-state index in [1.807, 2.05) is 36.6 Å². The van der Waals surface area contributed by atoms with Crippen molar-refractivity contribution in [3.05, 3.63) is 52.0 Å². The second-order valence-electron chi connectivity index (χ2n) is 4.67. The van der Waals surface area contributed by atoms with Gasteiger partial charge < -0.3 is 9.64 Å². The molecule has 21 heavy (non-hydrogen) atoms. The van der Waals surface area contributed by atoms with Crippen LogP contribution in [-0.2, 0) is 11.3 Å². The first kappa shape index (κ1) is 15.3. The van der Waals surface area contributed by atoms with E-state index in [4.69, 9.17) is 4.74 Å². The van der Waals surface area contributed by atoms with E-state index in [2.05, 4.69) is 4.98 Å². The van der Waals surface area contributed by atoms with E-state index in [1.54, 1.807) is 42.5 Å². The summed E-state index contributed by atoms with van der Waals surface area (Å²) in [5, 5.41) is 2.92. The van der Waals surface area contributed by atoms with Gasteiger partial charge in [0, 0.05) is 25.0 Å². The Hall–Kier alpha value is -2.14. The Balaban J connectivity index is 1.97. The van der Waals surface area contributed by atoms with Crippen molar-refractivity contribution < 1.29 is 9.53 Å². The van der Waals surface area contributed by atoms with E-state index in [1.165, 1.54) is 0 Å². The number of carbonyl (C=O) groups is 1. The maximum absolute atomic E-state index is 12.1. The molecule has 0 saturated heterocycles. The van der Waals surface area contributed by atoms with Gasteiger partial charge in [0.05, 0.1) is 17.8 Å². The zero-order valence-corrected chi connectivity index (χ0v) is 13.2. The number of likely N-dealkylation sites (N-methyl/N-ethyl adjacent to an activating group) is 1. The van der Waals surface area contributed by atoms with Gasteiger partial charge in [0.1, 0.15) is 5.75 Å². The SMILES string of the molecule is COc1cccc(CN(C)C(=O)/C=C/c2csc(C)n2)c1. The van der Waals surface area contributed by atoms with E-state index < -0.39 is 0 Å². The number of thiazole rings is 1. The highest BCUT2D eigenvalue weighted by molar-refractivity contribution is 7.09. The monoisotopic (exact) mass is 302 g/mol. The summed E-state index contributed by atoms with van der Waals surface area (Å²) in [6.45, 7) is 2.48. The quantitative estimate of drug-likeness (QED) is 0.797. The number of ether oxygens (including phenoxy) is 1. The molecule has 0 unspecified atom stereocenters. The third kappa shape index (κ3) is 4.43. The number of amides is 1. The summed E-state index contributed by atoms with van der Waals surface area (Å²) in [7, 11) is 3.41. The molecule has 2 aromatic rings. The normalized spacial score (nSPS) is 10.8. The second kappa shape index (κ2) is 7.04. The maximum Gasteiger partial charge on any atom is 0.246 e. The molecule has 0 spiro atoms. The van der Waals surface area contributed by atoms with Crippen LogP contribution in [0, 0.1) is 6.92 Å². The fourth-order valence-corrected chi connectivity index (χ4v) is 2.44. The molecule has 1 heterocycles. The summed E-state index contributed by atoms with van der Waals surface area (Å²) >= 11 is 1.57. The van der Waals surface area contributed by atoms with Gasteiger partial charge in [-0.2, -0.15) is 0 Å². The Morgan fingerprint density at radius 2 is 2.29 bits per heavy atom. The summed E-state index contributed by atoms with van der Waals surface area (Å²) < 4.78 is 5.18. The number of methoxy groups -OCH3 is 1. The fourth-order valence-electron chi connectivity index (χ4n) is 1.86. The molecule has 1 aromatic carbocycles. The molecule has 1 aromatic heterocycles. The lowest BCUT2D eigenvalue weighted by Crippen LogP contribution is -2.24. The Morgan fingerprint density at radius 1 is 1.48 bits per heavy atom. The maximum atomic E-state index is 12.1. The predicted octanol–water partition coefficient (Wildman–Crippen LogP) is 3.13. The topological polar surface area (TPSA) is 42.4 Å². The molecule has 0 atom stereocenters. The summed E-state index contributed by atoms with van der Waals surface area (Å²) in [4.78, 5) is 18.0. The average molecular weight is 302 g/mol. The molecule has 0 N–H and O–H groups in total. The summed E-state index contributed by atoms with van der Waals surface area (Å²) in [5.74, 6) is 0.741. The van der Waals surface area contributed by atoms with Crippen molar-refractivity contribution in [3.8, 4) is 5.75 Å². The number of nitrogens with zero attached hydrogens (tertiary/aromatic N) is 2. The first-order valence-corrected chi connectivity index (χ1v) is 7.44. The highest BCUT2D eigenvalue weighted by atomic mass is 32.1. The van der Waals surface area contributed by atoms with Crippen LogP contribution in [0.3, 0.4) is 0 Å². The Kier molecular flexibility index (Phi) is 5.11. The van der Waals surface area contributed by atoms with Crippen molar-refractivity contribution in [2.45, 2.75) is 13.5 Å². The highest BCUT2D eigenvalue weighted by Crippen LogP contribution is 2.14. The van der Waals surface area contributed by atoms with Crippen LogP contribution in [0.25, 0.3) is 6.08 Å². The largest absolute Gasteiger partial charge is 0.497 e. The Labute approximate surface area is 128 Å². The van der Waals surface area contributed by atoms with Crippen LogP contribution in [0.5, 0.6) is 5.75 Å². The number of benzene rings is 1. The first-order valence-electron chi connectivity index (χ1n) is 6.56. The van der Waals surface area contributed by atoms with Crippen LogP contribution in [-0.4, -0.2) is 29.9 Å². The molecule has 0 saturated carbocycles. The number of hydrogen-bond donors (Lipinski definition) is 0. The first-order chi connectivity index (χ1) is 10.1. The molecule has 0 radical (unpaired) electrons. The Morgan fingerprint density at radius 3 is 2.95 bits per heavy atom. The number of hydrogen-bond acceptors (Lipinski definition) is 4. The van der Waals surface area contributed by atoms with Crippen molar-refractivity contribution in [1.82, 2.24) is 9.88 Å². The van der Waals surface area contributed by atoms with Gasteiger partial charge in [-0.25, -0.2) is 4.98 Å².